The van der Waals surface area contributed by atoms with Gasteiger partial charge < -0.3 is 15.0 Å². The second-order valence-corrected chi connectivity index (χ2v) is 7.42. The van der Waals surface area contributed by atoms with Crippen LogP contribution in [0.15, 0.2) is 61.2 Å². The van der Waals surface area contributed by atoms with E-state index < -0.39 is 0 Å². The molecule has 2 amide bonds. The molecule has 2 aromatic heterocycles. The lowest BCUT2D eigenvalue weighted by molar-refractivity contribution is 0.0272. The van der Waals surface area contributed by atoms with Gasteiger partial charge in [-0.15, -0.1) is 0 Å². The zero-order chi connectivity index (χ0) is 19.6. The molecule has 0 aliphatic carbocycles. The summed E-state index contributed by atoms with van der Waals surface area (Å²) in [5, 5.41) is 7.23. The molecule has 0 saturated carbocycles. The van der Waals surface area contributed by atoms with Crippen LogP contribution in [-0.2, 0) is 4.74 Å². The molecule has 2 fully saturated rings. The molecule has 4 heterocycles. The van der Waals surface area contributed by atoms with Gasteiger partial charge in [-0.05, 0) is 18.1 Å². The van der Waals surface area contributed by atoms with E-state index in [4.69, 9.17) is 4.74 Å². The van der Waals surface area contributed by atoms with Crippen LogP contribution in [0.4, 0.5) is 10.5 Å². The molecule has 3 aromatic rings. The second kappa shape index (κ2) is 7.63. The van der Waals surface area contributed by atoms with Crippen molar-refractivity contribution in [2.24, 2.45) is 5.92 Å². The lowest BCUT2D eigenvalue weighted by Gasteiger charge is -2.32. The predicted octanol–water partition coefficient (Wildman–Crippen LogP) is 2.70. The van der Waals surface area contributed by atoms with Crippen molar-refractivity contribution in [2.45, 2.75) is 18.4 Å². The first kappa shape index (κ1) is 17.8. The van der Waals surface area contributed by atoms with Gasteiger partial charge in [0.05, 0.1) is 24.7 Å². The van der Waals surface area contributed by atoms with Crippen LogP contribution in [0.2, 0.25) is 0 Å². The summed E-state index contributed by atoms with van der Waals surface area (Å²) >= 11 is 0. The largest absolute Gasteiger partial charge is 0.381 e. The van der Waals surface area contributed by atoms with Gasteiger partial charge >= 0.3 is 6.03 Å². The second-order valence-electron chi connectivity index (χ2n) is 7.42. The molecule has 1 N–H and O–H groups in total. The zero-order valence-corrected chi connectivity index (χ0v) is 15.9. The summed E-state index contributed by atoms with van der Waals surface area (Å²) in [5.41, 5.74) is 1.88. The van der Waals surface area contributed by atoms with Crippen LogP contribution < -0.4 is 5.32 Å². The lowest BCUT2D eigenvalue weighted by atomic mass is 9.84. The van der Waals surface area contributed by atoms with Gasteiger partial charge in [0.25, 0.3) is 0 Å². The molecular formula is C21H22N6O2. The van der Waals surface area contributed by atoms with Crippen molar-refractivity contribution in [1.29, 1.82) is 0 Å². The molecule has 0 radical (unpaired) electrons. The first-order chi connectivity index (χ1) is 14.3. The molecule has 2 aliphatic rings. The average molecular weight is 390 g/mol. The highest BCUT2D eigenvalue weighted by Gasteiger charge is 2.45. The van der Waals surface area contributed by atoms with Crippen LogP contribution in [0, 0.1) is 5.92 Å². The van der Waals surface area contributed by atoms with Gasteiger partial charge in [0.1, 0.15) is 0 Å². The standard InChI is InChI=1S/C21H22N6O2/c28-21(25-16-11-24-27(12-16)20-22-8-4-9-23-20)26-13-17(15-5-2-1-3-6-15)18-14-29-10-7-19(18)26/h1-6,8-9,11-12,17-19H,7,10,13-14H2,(H,25,28). The number of nitrogens with zero attached hydrogens (tertiary/aromatic N) is 5. The van der Waals surface area contributed by atoms with Crippen LogP contribution in [0.1, 0.15) is 17.9 Å². The Kier molecular flexibility index (Phi) is 4.69. The summed E-state index contributed by atoms with van der Waals surface area (Å²) in [4.78, 5) is 23.4. The van der Waals surface area contributed by atoms with Crippen LogP contribution in [0.5, 0.6) is 0 Å². The lowest BCUT2D eigenvalue weighted by Crippen LogP contribution is -2.43. The quantitative estimate of drug-likeness (QED) is 0.743. The maximum absolute atomic E-state index is 13.1. The number of likely N-dealkylation sites (tertiary alicyclic amines) is 1. The summed E-state index contributed by atoms with van der Waals surface area (Å²) in [6, 6.07) is 12.2. The first-order valence-electron chi connectivity index (χ1n) is 9.82. The number of hydrogen-bond donors (Lipinski definition) is 1. The SMILES string of the molecule is O=C(Nc1cnn(-c2ncccn2)c1)N1CC(c2ccccc2)C2COCCC21. The normalized spacial score (nSPS) is 23.6. The Morgan fingerprint density at radius 2 is 1.97 bits per heavy atom. The van der Waals surface area contributed by atoms with E-state index in [0.29, 0.717) is 37.3 Å². The van der Waals surface area contributed by atoms with E-state index in [9.17, 15) is 4.79 Å². The van der Waals surface area contributed by atoms with Gasteiger partial charge in [0, 0.05) is 43.4 Å². The van der Waals surface area contributed by atoms with Crippen molar-refractivity contribution in [3.8, 4) is 5.95 Å². The van der Waals surface area contributed by atoms with E-state index in [1.807, 2.05) is 11.0 Å². The molecule has 3 unspecified atom stereocenters. The fourth-order valence-electron chi connectivity index (χ4n) is 4.39. The first-order valence-corrected chi connectivity index (χ1v) is 9.82. The Hall–Kier alpha value is -3.26. The molecular weight excluding hydrogens is 368 g/mol. The fourth-order valence-corrected chi connectivity index (χ4v) is 4.39. The Labute approximate surface area is 168 Å². The molecule has 5 rings (SSSR count). The van der Waals surface area contributed by atoms with Gasteiger partial charge in [-0.1, -0.05) is 30.3 Å². The number of hydrogen-bond acceptors (Lipinski definition) is 5. The Morgan fingerprint density at radius 3 is 2.79 bits per heavy atom. The Bertz CT molecular complexity index is 977. The van der Waals surface area contributed by atoms with Crippen molar-refractivity contribution in [3.63, 3.8) is 0 Å². The van der Waals surface area contributed by atoms with Crippen molar-refractivity contribution >= 4 is 11.7 Å². The third-order valence-corrected chi connectivity index (χ3v) is 5.75. The molecule has 2 saturated heterocycles. The van der Waals surface area contributed by atoms with Gasteiger partial charge in [0.2, 0.25) is 5.95 Å². The van der Waals surface area contributed by atoms with E-state index in [1.54, 1.807) is 35.5 Å². The molecule has 1 aromatic carbocycles. The van der Waals surface area contributed by atoms with E-state index in [2.05, 4.69) is 44.6 Å². The summed E-state index contributed by atoms with van der Waals surface area (Å²) in [5.74, 6) is 1.06. The number of ether oxygens (including phenoxy) is 1. The topological polar surface area (TPSA) is 85.2 Å². The summed E-state index contributed by atoms with van der Waals surface area (Å²) in [6.45, 7) is 2.07. The average Bonchev–Trinajstić information content (AvgIpc) is 3.40. The number of benzene rings is 1. The Balaban J connectivity index is 1.33. The van der Waals surface area contributed by atoms with E-state index in [1.165, 1.54) is 5.56 Å². The highest BCUT2D eigenvalue weighted by Crippen LogP contribution is 2.41. The predicted molar refractivity (Wildman–Crippen MR) is 107 cm³/mol. The van der Waals surface area contributed by atoms with Crippen LogP contribution in [-0.4, -0.2) is 56.5 Å². The molecule has 2 aliphatic heterocycles. The minimum Gasteiger partial charge on any atom is -0.381 e. The summed E-state index contributed by atoms with van der Waals surface area (Å²) < 4.78 is 7.29. The zero-order valence-electron chi connectivity index (χ0n) is 15.9. The van der Waals surface area contributed by atoms with Crippen molar-refractivity contribution in [3.05, 3.63) is 66.7 Å². The number of anilines is 1. The highest BCUT2D eigenvalue weighted by atomic mass is 16.5. The highest BCUT2D eigenvalue weighted by molar-refractivity contribution is 5.89. The molecule has 0 bridgehead atoms. The minimum atomic E-state index is -0.103. The van der Waals surface area contributed by atoms with E-state index >= 15 is 0 Å². The van der Waals surface area contributed by atoms with E-state index in [0.717, 1.165) is 6.42 Å². The third kappa shape index (κ3) is 3.47. The van der Waals surface area contributed by atoms with Gasteiger partial charge in [-0.3, -0.25) is 0 Å². The monoisotopic (exact) mass is 390 g/mol. The number of urea groups is 1. The molecule has 0 spiro atoms. The van der Waals surface area contributed by atoms with Crippen molar-refractivity contribution in [1.82, 2.24) is 24.6 Å². The van der Waals surface area contributed by atoms with Crippen LogP contribution in [0.25, 0.3) is 5.95 Å². The summed E-state index contributed by atoms with van der Waals surface area (Å²) in [7, 11) is 0. The molecule has 29 heavy (non-hydrogen) atoms. The fraction of sp³-hybridized carbons (Fsp3) is 0.333. The van der Waals surface area contributed by atoms with E-state index in [-0.39, 0.29) is 18.0 Å². The number of aromatic nitrogens is 4. The third-order valence-electron chi connectivity index (χ3n) is 5.75. The summed E-state index contributed by atoms with van der Waals surface area (Å²) in [6.07, 6.45) is 7.50. The number of amides is 2. The molecule has 8 nitrogen and oxygen atoms in total. The van der Waals surface area contributed by atoms with Gasteiger partial charge in [0.15, 0.2) is 0 Å². The maximum atomic E-state index is 13.1. The number of nitrogens with one attached hydrogen (secondary N) is 1. The number of rotatable bonds is 3. The number of carbonyl (C=O) groups is 1. The maximum Gasteiger partial charge on any atom is 0.322 e. The number of carbonyl (C=O) groups excluding carboxylic acids is 1. The molecule has 148 valence electrons. The van der Waals surface area contributed by atoms with Crippen molar-refractivity contribution in [2.75, 3.05) is 25.1 Å². The number of fused-ring (bicyclic) bond motifs is 1. The molecule has 3 atom stereocenters. The smallest absolute Gasteiger partial charge is 0.322 e. The van der Waals surface area contributed by atoms with Gasteiger partial charge in [-0.25, -0.2) is 19.4 Å². The Morgan fingerprint density at radius 1 is 1.14 bits per heavy atom. The molecule has 8 heteroatoms. The van der Waals surface area contributed by atoms with Crippen LogP contribution >= 0.6 is 0 Å². The van der Waals surface area contributed by atoms with Crippen LogP contribution in [0.3, 0.4) is 0 Å². The van der Waals surface area contributed by atoms with Gasteiger partial charge in [-0.2, -0.15) is 5.10 Å². The minimum absolute atomic E-state index is 0.103. The van der Waals surface area contributed by atoms with Crippen molar-refractivity contribution < 1.29 is 9.53 Å².